The van der Waals surface area contributed by atoms with Gasteiger partial charge in [-0.05, 0) is 31.2 Å². The highest BCUT2D eigenvalue weighted by molar-refractivity contribution is 5.74. The van der Waals surface area contributed by atoms with Crippen LogP contribution in [-0.4, -0.2) is 39.2 Å². The Morgan fingerprint density at radius 1 is 1.30 bits per heavy atom. The van der Waals surface area contributed by atoms with Gasteiger partial charge in [0.15, 0.2) is 0 Å². The molecule has 0 bridgehead atoms. The molecule has 3 rings (SSSR count). The van der Waals surface area contributed by atoms with Crippen LogP contribution in [0, 0.1) is 0 Å². The third kappa shape index (κ3) is 5.57. The molecule has 0 radical (unpaired) electrons. The van der Waals surface area contributed by atoms with Crippen molar-refractivity contribution in [1.82, 2.24) is 20.2 Å². The Balaban J connectivity index is 1.53. The first-order chi connectivity index (χ1) is 13.1. The molecule has 0 aliphatic carbocycles. The molecule has 0 saturated carbocycles. The number of hydrogen-bond acceptors (Lipinski definition) is 3. The summed E-state index contributed by atoms with van der Waals surface area (Å²) < 4.78 is 2.14. The molecule has 144 valence electrons. The van der Waals surface area contributed by atoms with Crippen molar-refractivity contribution in [3.05, 3.63) is 54.1 Å². The zero-order valence-electron chi connectivity index (χ0n) is 15.3. The van der Waals surface area contributed by atoms with Gasteiger partial charge < -0.3 is 20.3 Å². The van der Waals surface area contributed by atoms with Crippen LogP contribution in [0.15, 0.2) is 42.7 Å². The number of carbonyl (C=O) groups excluding carboxylic acids is 1. The van der Waals surface area contributed by atoms with Crippen molar-refractivity contribution in [2.45, 2.75) is 50.6 Å². The van der Waals surface area contributed by atoms with E-state index in [0.717, 1.165) is 30.8 Å². The normalized spacial score (nSPS) is 17.0. The van der Waals surface area contributed by atoms with Gasteiger partial charge in [0.05, 0.1) is 0 Å². The predicted molar refractivity (Wildman–Crippen MR) is 102 cm³/mol. The number of rotatable bonds is 8. The van der Waals surface area contributed by atoms with Gasteiger partial charge in [0, 0.05) is 43.9 Å². The number of carboxylic acid groups (broad SMARTS) is 1. The molecule has 2 heterocycles. The van der Waals surface area contributed by atoms with Crippen molar-refractivity contribution in [3.8, 4) is 0 Å². The van der Waals surface area contributed by atoms with Gasteiger partial charge in [-0.1, -0.05) is 30.3 Å². The molecule has 0 fully saturated rings. The Kier molecular flexibility index (Phi) is 6.46. The SMILES string of the molecule is O=C(O)CCC(Cc1ccccc1)NC(=O)NCC1CCCn2ccnc21. The molecule has 3 N–H and O–H groups in total. The lowest BCUT2D eigenvalue weighted by Gasteiger charge is -2.24. The van der Waals surface area contributed by atoms with Gasteiger partial charge in [0.1, 0.15) is 5.82 Å². The number of benzene rings is 1. The molecule has 27 heavy (non-hydrogen) atoms. The van der Waals surface area contributed by atoms with Gasteiger partial charge in [0.2, 0.25) is 0 Å². The third-order valence-corrected chi connectivity index (χ3v) is 4.94. The number of nitrogens with zero attached hydrogens (tertiary/aromatic N) is 2. The van der Waals surface area contributed by atoms with Crippen LogP contribution in [0.25, 0.3) is 0 Å². The summed E-state index contributed by atoms with van der Waals surface area (Å²) in [5.74, 6) is 0.378. The zero-order chi connectivity index (χ0) is 19.1. The Bertz CT molecular complexity index is 760. The summed E-state index contributed by atoms with van der Waals surface area (Å²) >= 11 is 0. The number of aromatic nitrogens is 2. The molecular weight excluding hydrogens is 344 g/mol. The van der Waals surface area contributed by atoms with E-state index in [-0.39, 0.29) is 24.4 Å². The Labute approximate surface area is 158 Å². The van der Waals surface area contributed by atoms with Crippen LogP contribution in [0.3, 0.4) is 0 Å². The zero-order valence-corrected chi connectivity index (χ0v) is 15.3. The average Bonchev–Trinajstić information content (AvgIpc) is 3.14. The smallest absolute Gasteiger partial charge is 0.315 e. The summed E-state index contributed by atoms with van der Waals surface area (Å²) in [6.07, 6.45) is 6.88. The van der Waals surface area contributed by atoms with Crippen molar-refractivity contribution in [2.24, 2.45) is 0 Å². The number of fused-ring (bicyclic) bond motifs is 1. The van der Waals surface area contributed by atoms with Crippen LogP contribution >= 0.6 is 0 Å². The van der Waals surface area contributed by atoms with Gasteiger partial charge >= 0.3 is 12.0 Å². The fraction of sp³-hybridized carbons (Fsp3) is 0.450. The van der Waals surface area contributed by atoms with Crippen LogP contribution < -0.4 is 10.6 Å². The number of aryl methyl sites for hydroxylation is 1. The van der Waals surface area contributed by atoms with E-state index in [2.05, 4.69) is 20.2 Å². The number of amides is 2. The first-order valence-corrected chi connectivity index (χ1v) is 9.43. The summed E-state index contributed by atoms with van der Waals surface area (Å²) in [4.78, 5) is 27.7. The topological polar surface area (TPSA) is 96.3 Å². The summed E-state index contributed by atoms with van der Waals surface area (Å²) in [6.45, 7) is 1.51. The van der Waals surface area contributed by atoms with E-state index in [9.17, 15) is 9.59 Å². The van der Waals surface area contributed by atoms with Crippen molar-refractivity contribution >= 4 is 12.0 Å². The second-order valence-electron chi connectivity index (χ2n) is 6.99. The van der Waals surface area contributed by atoms with E-state index in [1.165, 1.54) is 0 Å². The predicted octanol–water partition coefficient (Wildman–Crippen LogP) is 2.54. The maximum absolute atomic E-state index is 12.4. The van der Waals surface area contributed by atoms with Gasteiger partial charge in [-0.3, -0.25) is 4.79 Å². The lowest BCUT2D eigenvalue weighted by atomic mass is 9.99. The molecule has 7 heteroatoms. The molecular formula is C20H26N4O3. The maximum Gasteiger partial charge on any atom is 0.315 e. The molecule has 1 aliphatic rings. The van der Waals surface area contributed by atoms with Crippen molar-refractivity contribution in [3.63, 3.8) is 0 Å². The second kappa shape index (κ2) is 9.21. The average molecular weight is 370 g/mol. The lowest BCUT2D eigenvalue weighted by Crippen LogP contribution is -2.44. The van der Waals surface area contributed by atoms with E-state index >= 15 is 0 Å². The number of carbonyl (C=O) groups is 2. The van der Waals surface area contributed by atoms with Crippen LogP contribution in [-0.2, 0) is 17.8 Å². The monoisotopic (exact) mass is 370 g/mol. The number of urea groups is 1. The first-order valence-electron chi connectivity index (χ1n) is 9.43. The molecule has 1 aromatic carbocycles. The van der Waals surface area contributed by atoms with E-state index < -0.39 is 5.97 Å². The van der Waals surface area contributed by atoms with Gasteiger partial charge in [0.25, 0.3) is 0 Å². The number of aliphatic carboxylic acids is 1. The largest absolute Gasteiger partial charge is 0.481 e. The summed E-state index contributed by atoms with van der Waals surface area (Å²) in [5.41, 5.74) is 1.07. The highest BCUT2D eigenvalue weighted by Gasteiger charge is 2.22. The third-order valence-electron chi connectivity index (χ3n) is 4.94. The van der Waals surface area contributed by atoms with Crippen molar-refractivity contribution < 1.29 is 14.7 Å². The van der Waals surface area contributed by atoms with E-state index in [1.807, 2.05) is 36.5 Å². The van der Waals surface area contributed by atoms with E-state index in [0.29, 0.717) is 19.4 Å². The van der Waals surface area contributed by atoms with Gasteiger partial charge in [-0.25, -0.2) is 9.78 Å². The second-order valence-corrected chi connectivity index (χ2v) is 6.99. The molecule has 2 aromatic rings. The minimum absolute atomic E-state index is 0.0256. The summed E-state index contributed by atoms with van der Waals surface area (Å²) in [7, 11) is 0. The number of nitrogens with one attached hydrogen (secondary N) is 2. The molecule has 0 saturated heterocycles. The fourth-order valence-electron chi connectivity index (χ4n) is 3.57. The maximum atomic E-state index is 12.4. The van der Waals surface area contributed by atoms with Crippen molar-refractivity contribution in [1.29, 1.82) is 0 Å². The van der Waals surface area contributed by atoms with Gasteiger partial charge in [-0.15, -0.1) is 0 Å². The highest BCUT2D eigenvalue weighted by Crippen LogP contribution is 2.24. The highest BCUT2D eigenvalue weighted by atomic mass is 16.4. The number of hydrogen-bond donors (Lipinski definition) is 3. The molecule has 7 nitrogen and oxygen atoms in total. The van der Waals surface area contributed by atoms with Crippen LogP contribution in [0.4, 0.5) is 4.79 Å². The first kappa shape index (κ1) is 18.9. The quantitative estimate of drug-likeness (QED) is 0.665. The van der Waals surface area contributed by atoms with Crippen molar-refractivity contribution in [2.75, 3.05) is 6.54 Å². The standard InChI is InChI=1S/C20H26N4O3/c25-18(26)9-8-17(13-15-5-2-1-3-6-15)23-20(27)22-14-16-7-4-11-24-12-10-21-19(16)24/h1-3,5-6,10,12,16-17H,4,7-9,11,13-14H2,(H,25,26)(H2,22,23,27). The number of imidazole rings is 1. The minimum atomic E-state index is -0.857. The van der Waals surface area contributed by atoms with E-state index in [4.69, 9.17) is 5.11 Å². The summed E-state index contributed by atoms with van der Waals surface area (Å²) in [5, 5.41) is 14.8. The minimum Gasteiger partial charge on any atom is -0.481 e. The van der Waals surface area contributed by atoms with E-state index in [1.54, 1.807) is 6.20 Å². The Hall–Kier alpha value is -2.83. The molecule has 1 aliphatic heterocycles. The van der Waals surface area contributed by atoms with Crippen LogP contribution in [0.1, 0.15) is 43.0 Å². The molecule has 2 atom stereocenters. The summed E-state index contributed by atoms with van der Waals surface area (Å²) in [6, 6.07) is 9.29. The number of carboxylic acids is 1. The Morgan fingerprint density at radius 2 is 2.11 bits per heavy atom. The van der Waals surface area contributed by atoms with Crippen LogP contribution in [0.2, 0.25) is 0 Å². The van der Waals surface area contributed by atoms with Gasteiger partial charge in [-0.2, -0.15) is 0 Å². The molecule has 2 unspecified atom stereocenters. The molecule has 1 aromatic heterocycles. The molecule has 0 spiro atoms. The Morgan fingerprint density at radius 3 is 2.89 bits per heavy atom. The fourth-order valence-corrected chi connectivity index (χ4v) is 3.57. The molecule has 2 amide bonds. The van der Waals surface area contributed by atoms with Crippen LogP contribution in [0.5, 0.6) is 0 Å². The lowest BCUT2D eigenvalue weighted by molar-refractivity contribution is -0.137.